The van der Waals surface area contributed by atoms with Gasteiger partial charge in [0, 0.05) is 18.9 Å². The third-order valence-corrected chi connectivity index (χ3v) is 6.01. The Morgan fingerprint density at radius 1 is 0.595 bits per heavy atom. The summed E-state index contributed by atoms with van der Waals surface area (Å²) in [4.78, 5) is 18.7. The highest BCUT2D eigenvalue weighted by atomic mass is 16.6. The second kappa shape index (κ2) is 11.9. The van der Waals surface area contributed by atoms with Crippen molar-refractivity contribution in [1.82, 2.24) is 14.6 Å². The van der Waals surface area contributed by atoms with Crippen molar-refractivity contribution >= 4 is 0 Å². The van der Waals surface area contributed by atoms with Crippen molar-refractivity contribution < 1.29 is 9.57 Å². The van der Waals surface area contributed by atoms with E-state index in [1.54, 1.807) is 21.5 Å². The number of ether oxygens (including phenoxy) is 1. The van der Waals surface area contributed by atoms with Crippen molar-refractivity contribution in [2.45, 2.75) is 19.3 Å². The molecule has 37 heavy (non-hydrogen) atoms. The van der Waals surface area contributed by atoms with Gasteiger partial charge < -0.3 is 9.57 Å². The molecule has 0 amide bonds. The Labute approximate surface area is 216 Å². The van der Waals surface area contributed by atoms with Gasteiger partial charge in [-0.05, 0) is 85.5 Å². The molecule has 1 aromatic heterocycles. The molecule has 0 fully saturated rings. The fourth-order valence-corrected chi connectivity index (χ4v) is 4.05. The molecule has 6 heteroatoms. The number of imidazole rings is 1. The highest BCUT2D eigenvalue weighted by molar-refractivity contribution is 5.41. The predicted octanol–water partition coefficient (Wildman–Crippen LogP) is 6.33. The zero-order valence-corrected chi connectivity index (χ0v) is 20.5. The Morgan fingerprint density at radius 3 is 1.76 bits per heavy atom. The smallest absolute Gasteiger partial charge is 0.337 e. The molecule has 5 rings (SSSR count). The minimum atomic E-state index is -0.151. The third kappa shape index (κ3) is 6.37. The Morgan fingerprint density at radius 2 is 1.14 bits per heavy atom. The Bertz CT molecular complexity index is 1440. The standard InChI is InChI=1S/C31H29N3O3/c35-31-33(26-14-18-29(19-15-26)36-28-12-5-2-6-13-28)23-24-34(31)27-16-20-30(21-17-27)37-32-22-8-7-11-25-9-3-1-4-10-25/h1-6,9-10,12-21,23-24,32H,7-8,11,22H2. The average Bonchev–Trinajstić information content (AvgIpc) is 3.33. The summed E-state index contributed by atoms with van der Waals surface area (Å²) in [7, 11) is 0. The summed E-state index contributed by atoms with van der Waals surface area (Å²) in [5.41, 5.74) is 5.76. The lowest BCUT2D eigenvalue weighted by molar-refractivity contribution is 0.194. The summed E-state index contributed by atoms with van der Waals surface area (Å²) in [6.45, 7) is 0.770. The van der Waals surface area contributed by atoms with E-state index in [0.29, 0.717) is 11.5 Å². The van der Waals surface area contributed by atoms with Gasteiger partial charge in [-0.1, -0.05) is 48.5 Å². The lowest BCUT2D eigenvalue weighted by Crippen LogP contribution is -2.22. The molecule has 0 saturated heterocycles. The highest BCUT2D eigenvalue weighted by Crippen LogP contribution is 2.22. The highest BCUT2D eigenvalue weighted by Gasteiger charge is 2.08. The lowest BCUT2D eigenvalue weighted by Gasteiger charge is -2.09. The Balaban J connectivity index is 1.14. The molecule has 0 aliphatic heterocycles. The number of unbranched alkanes of at least 4 members (excludes halogenated alkanes) is 1. The molecule has 186 valence electrons. The minimum absolute atomic E-state index is 0.151. The zero-order chi connectivity index (χ0) is 25.3. The van der Waals surface area contributed by atoms with Gasteiger partial charge in [0.25, 0.3) is 0 Å². The number of benzene rings is 4. The summed E-state index contributed by atoms with van der Waals surface area (Å²) < 4.78 is 9.05. The second-order valence-corrected chi connectivity index (χ2v) is 8.66. The normalized spacial score (nSPS) is 10.8. The quantitative estimate of drug-likeness (QED) is 0.173. The molecule has 0 saturated carbocycles. The van der Waals surface area contributed by atoms with Crippen LogP contribution in [0.2, 0.25) is 0 Å². The van der Waals surface area contributed by atoms with Gasteiger partial charge in [0.1, 0.15) is 17.2 Å². The summed E-state index contributed by atoms with van der Waals surface area (Å²) in [5.74, 6) is 2.18. The van der Waals surface area contributed by atoms with E-state index < -0.39 is 0 Å². The SMILES string of the molecule is O=c1n(-c2ccc(ONCCCCc3ccccc3)cc2)ccn1-c1ccc(Oc2ccccc2)cc1. The van der Waals surface area contributed by atoms with Crippen LogP contribution in [0, 0.1) is 0 Å². The number of nitrogens with one attached hydrogen (secondary N) is 1. The number of para-hydroxylation sites is 1. The van der Waals surface area contributed by atoms with Crippen LogP contribution in [0.25, 0.3) is 11.4 Å². The largest absolute Gasteiger partial charge is 0.457 e. The molecular formula is C31H29N3O3. The first-order valence-electron chi connectivity index (χ1n) is 12.4. The van der Waals surface area contributed by atoms with Crippen molar-refractivity contribution in [2.24, 2.45) is 0 Å². The predicted molar refractivity (Wildman–Crippen MR) is 146 cm³/mol. The van der Waals surface area contributed by atoms with E-state index in [0.717, 1.165) is 42.9 Å². The van der Waals surface area contributed by atoms with E-state index >= 15 is 0 Å². The fourth-order valence-electron chi connectivity index (χ4n) is 4.05. The van der Waals surface area contributed by atoms with Crippen LogP contribution in [0.3, 0.4) is 0 Å². The Hall–Kier alpha value is -4.55. The van der Waals surface area contributed by atoms with Gasteiger partial charge in [0.05, 0.1) is 11.4 Å². The van der Waals surface area contributed by atoms with Crippen molar-refractivity contribution in [3.63, 3.8) is 0 Å². The molecule has 0 spiro atoms. The van der Waals surface area contributed by atoms with E-state index in [2.05, 4.69) is 29.7 Å². The van der Waals surface area contributed by atoms with Crippen LogP contribution in [0.15, 0.2) is 126 Å². The molecule has 1 heterocycles. The van der Waals surface area contributed by atoms with Gasteiger partial charge in [-0.25, -0.2) is 4.79 Å². The van der Waals surface area contributed by atoms with Gasteiger partial charge in [-0.15, -0.1) is 0 Å². The van der Waals surface area contributed by atoms with E-state index in [-0.39, 0.29) is 5.69 Å². The van der Waals surface area contributed by atoms with Crippen LogP contribution in [-0.4, -0.2) is 15.7 Å². The number of rotatable bonds is 11. The maximum absolute atomic E-state index is 13.1. The van der Waals surface area contributed by atoms with Crippen LogP contribution in [0.5, 0.6) is 17.2 Å². The first-order chi connectivity index (χ1) is 18.3. The molecule has 1 N–H and O–H groups in total. The summed E-state index contributed by atoms with van der Waals surface area (Å²) >= 11 is 0. The number of nitrogens with zero attached hydrogens (tertiary/aromatic N) is 2. The summed E-state index contributed by atoms with van der Waals surface area (Å²) in [6, 6.07) is 35.0. The molecule has 0 aliphatic carbocycles. The number of hydrogen-bond donors (Lipinski definition) is 1. The van der Waals surface area contributed by atoms with Crippen molar-refractivity contribution in [3.05, 3.63) is 138 Å². The van der Waals surface area contributed by atoms with Crippen molar-refractivity contribution in [2.75, 3.05) is 6.54 Å². The molecule has 0 aliphatic rings. The van der Waals surface area contributed by atoms with Crippen LogP contribution in [-0.2, 0) is 6.42 Å². The van der Waals surface area contributed by atoms with Crippen LogP contribution in [0.1, 0.15) is 18.4 Å². The van der Waals surface area contributed by atoms with E-state index in [1.165, 1.54) is 5.56 Å². The maximum atomic E-state index is 13.1. The van der Waals surface area contributed by atoms with Crippen molar-refractivity contribution in [3.8, 4) is 28.6 Å². The average molecular weight is 492 g/mol. The molecule has 0 bridgehead atoms. The fraction of sp³-hybridized carbons (Fsp3) is 0.129. The molecule has 0 unspecified atom stereocenters. The molecule has 5 aromatic rings. The monoisotopic (exact) mass is 491 g/mol. The van der Waals surface area contributed by atoms with Crippen molar-refractivity contribution in [1.29, 1.82) is 0 Å². The third-order valence-electron chi connectivity index (χ3n) is 6.01. The van der Waals surface area contributed by atoms with Crippen LogP contribution in [0.4, 0.5) is 0 Å². The Kier molecular flexibility index (Phi) is 7.79. The van der Waals surface area contributed by atoms with Gasteiger partial charge in [0.15, 0.2) is 0 Å². The minimum Gasteiger partial charge on any atom is -0.457 e. The van der Waals surface area contributed by atoms with Gasteiger partial charge in [-0.3, -0.25) is 9.13 Å². The lowest BCUT2D eigenvalue weighted by atomic mass is 10.1. The van der Waals surface area contributed by atoms with E-state index in [4.69, 9.17) is 9.57 Å². The number of hydroxylamine groups is 1. The first kappa shape index (κ1) is 24.2. The zero-order valence-electron chi connectivity index (χ0n) is 20.5. The second-order valence-electron chi connectivity index (χ2n) is 8.66. The van der Waals surface area contributed by atoms with Crippen LogP contribution >= 0.6 is 0 Å². The summed E-state index contributed by atoms with van der Waals surface area (Å²) in [6.07, 6.45) is 6.71. The van der Waals surface area contributed by atoms with Gasteiger partial charge in [-0.2, -0.15) is 5.48 Å². The number of aromatic nitrogens is 2. The molecular weight excluding hydrogens is 462 g/mol. The topological polar surface area (TPSA) is 57.4 Å². The van der Waals surface area contributed by atoms with E-state index in [1.807, 2.05) is 84.9 Å². The first-order valence-corrected chi connectivity index (χ1v) is 12.4. The molecule has 6 nitrogen and oxygen atoms in total. The number of hydrogen-bond acceptors (Lipinski definition) is 4. The molecule has 0 radical (unpaired) electrons. The summed E-state index contributed by atoms with van der Waals surface area (Å²) in [5, 5.41) is 0. The van der Waals surface area contributed by atoms with E-state index in [9.17, 15) is 4.79 Å². The van der Waals surface area contributed by atoms with Gasteiger partial charge in [0.2, 0.25) is 0 Å². The van der Waals surface area contributed by atoms with Gasteiger partial charge >= 0.3 is 5.69 Å². The number of aryl methyl sites for hydroxylation is 1. The van der Waals surface area contributed by atoms with Crippen LogP contribution < -0.4 is 20.7 Å². The maximum Gasteiger partial charge on any atom is 0.337 e. The molecule has 4 aromatic carbocycles. The molecule has 0 atom stereocenters.